The van der Waals surface area contributed by atoms with Crippen LogP contribution in [0.5, 0.6) is 0 Å². The van der Waals surface area contributed by atoms with Crippen LogP contribution in [0.15, 0.2) is 0 Å². The molecule has 0 N–H and O–H groups in total. The van der Waals surface area contributed by atoms with Crippen molar-refractivity contribution in [1.29, 1.82) is 0 Å². The first-order chi connectivity index (χ1) is 4.97. The van der Waals surface area contributed by atoms with Crippen LogP contribution in [-0.4, -0.2) is 32.0 Å². The predicted octanol–water partition coefficient (Wildman–Crippen LogP) is 1.16. The first-order valence-electron chi connectivity index (χ1n) is 4.10. The molecule has 0 radical (unpaired) electrons. The highest BCUT2D eigenvalue weighted by atomic mass is 28.4. The summed E-state index contributed by atoms with van der Waals surface area (Å²) in [6.45, 7) is 12.2. The van der Waals surface area contributed by atoms with Gasteiger partial charge in [-0.05, 0) is 33.5 Å². The third-order valence-electron chi connectivity index (χ3n) is 1.02. The SMILES string of the molecule is CCOCC.C[Si](C)(C)O[SiH3]. The zero-order valence-corrected chi connectivity index (χ0v) is 11.7. The second kappa shape index (κ2) is 8.45. The van der Waals surface area contributed by atoms with E-state index in [9.17, 15) is 0 Å². The van der Waals surface area contributed by atoms with Crippen LogP contribution in [0.4, 0.5) is 0 Å². The monoisotopic (exact) mass is 194 g/mol. The van der Waals surface area contributed by atoms with Crippen LogP contribution in [0, 0.1) is 0 Å². The smallest absolute Gasteiger partial charge is 0.169 e. The number of rotatable bonds is 3. The fourth-order valence-electron chi connectivity index (χ4n) is 0.204. The Morgan fingerprint density at radius 2 is 1.36 bits per heavy atom. The van der Waals surface area contributed by atoms with Gasteiger partial charge < -0.3 is 8.85 Å². The molecular weight excluding hydrogens is 172 g/mol. The average Bonchev–Trinajstić information content (AvgIpc) is 1.90. The predicted molar refractivity (Wildman–Crippen MR) is 56.5 cm³/mol. The van der Waals surface area contributed by atoms with Gasteiger partial charge in [-0.3, -0.25) is 0 Å². The van der Waals surface area contributed by atoms with E-state index in [1.54, 1.807) is 0 Å². The van der Waals surface area contributed by atoms with Crippen molar-refractivity contribution in [1.82, 2.24) is 0 Å². The molecule has 0 aliphatic rings. The molecule has 0 aromatic rings. The third kappa shape index (κ3) is 25.2. The van der Waals surface area contributed by atoms with Crippen molar-refractivity contribution in [2.75, 3.05) is 13.2 Å². The van der Waals surface area contributed by atoms with Crippen LogP contribution in [0.3, 0.4) is 0 Å². The maximum atomic E-state index is 5.22. The summed E-state index contributed by atoms with van der Waals surface area (Å²) in [5, 5.41) is 0. The molecule has 0 atom stereocenters. The highest BCUT2D eigenvalue weighted by Crippen LogP contribution is 1.96. The Bertz CT molecular complexity index is 69.3. The van der Waals surface area contributed by atoms with Crippen LogP contribution in [-0.2, 0) is 8.85 Å². The quantitative estimate of drug-likeness (QED) is 0.628. The van der Waals surface area contributed by atoms with Gasteiger partial charge >= 0.3 is 0 Å². The van der Waals surface area contributed by atoms with E-state index in [0.29, 0.717) is 0 Å². The van der Waals surface area contributed by atoms with Gasteiger partial charge in [-0.1, -0.05) is 0 Å². The second-order valence-electron chi connectivity index (χ2n) is 3.10. The molecule has 11 heavy (non-hydrogen) atoms. The molecule has 0 aromatic heterocycles. The van der Waals surface area contributed by atoms with Gasteiger partial charge in [0.05, 0.1) is 0 Å². The van der Waals surface area contributed by atoms with E-state index < -0.39 is 8.32 Å². The van der Waals surface area contributed by atoms with Crippen molar-refractivity contribution in [2.45, 2.75) is 33.5 Å². The first-order valence-corrected chi connectivity index (χ1v) is 8.33. The Labute approximate surface area is 75.0 Å². The Hall–Kier alpha value is 0.354. The molecule has 0 unspecified atom stereocenters. The molecule has 70 valence electrons. The summed E-state index contributed by atoms with van der Waals surface area (Å²) >= 11 is 0. The normalized spacial score (nSPS) is 10.6. The summed E-state index contributed by atoms with van der Waals surface area (Å²) in [4.78, 5) is 0. The molecule has 0 amide bonds. The highest BCUT2D eigenvalue weighted by molar-refractivity contribution is 6.72. The fourth-order valence-corrected chi connectivity index (χ4v) is 0.204. The van der Waals surface area contributed by atoms with Gasteiger partial charge in [-0.25, -0.2) is 0 Å². The minimum absolute atomic E-state index is 0.844. The molecule has 2 nitrogen and oxygen atoms in total. The Morgan fingerprint density at radius 3 is 1.36 bits per heavy atom. The molecule has 0 spiro atoms. The molecule has 0 heterocycles. The summed E-state index contributed by atoms with van der Waals surface area (Å²) in [7, 11) is -0.160. The molecule has 0 fully saturated rings. The number of hydrogen-bond acceptors (Lipinski definition) is 2. The molecule has 0 aromatic carbocycles. The van der Waals surface area contributed by atoms with Crippen LogP contribution in [0.1, 0.15) is 13.8 Å². The van der Waals surface area contributed by atoms with E-state index in [0.717, 1.165) is 23.7 Å². The zero-order valence-electron chi connectivity index (χ0n) is 8.73. The van der Waals surface area contributed by atoms with Crippen molar-refractivity contribution in [3.8, 4) is 0 Å². The van der Waals surface area contributed by atoms with Crippen molar-refractivity contribution >= 4 is 18.8 Å². The summed E-state index contributed by atoms with van der Waals surface area (Å²) in [5.74, 6) is 0. The largest absolute Gasteiger partial charge is 0.464 e. The van der Waals surface area contributed by atoms with Gasteiger partial charge in [0, 0.05) is 13.2 Å². The van der Waals surface area contributed by atoms with Gasteiger partial charge in [-0.15, -0.1) is 0 Å². The van der Waals surface area contributed by atoms with Crippen molar-refractivity contribution in [3.63, 3.8) is 0 Å². The number of hydrogen-bond donors (Lipinski definition) is 0. The lowest BCUT2D eigenvalue weighted by molar-refractivity contribution is 0.162. The molecule has 0 bridgehead atoms. The molecule has 0 rings (SSSR count). The highest BCUT2D eigenvalue weighted by Gasteiger charge is 2.08. The first kappa shape index (κ1) is 13.9. The molecule has 0 aliphatic heterocycles. The van der Waals surface area contributed by atoms with Crippen LogP contribution >= 0.6 is 0 Å². The lowest BCUT2D eigenvalue weighted by Crippen LogP contribution is -2.23. The maximum Gasteiger partial charge on any atom is 0.169 e. The topological polar surface area (TPSA) is 18.5 Å². The van der Waals surface area contributed by atoms with Gasteiger partial charge in [-0.2, -0.15) is 0 Å². The van der Waals surface area contributed by atoms with E-state index in [1.165, 1.54) is 0 Å². The standard InChI is InChI=1S/C4H10O.C3H12OSi2/c1-3-5-4-2;1-6(2,3)4-5/h3-4H2,1-2H3;1-3,5H3. The van der Waals surface area contributed by atoms with Gasteiger partial charge in [0.25, 0.3) is 0 Å². The van der Waals surface area contributed by atoms with Crippen LogP contribution in [0.25, 0.3) is 0 Å². The second-order valence-corrected chi connectivity index (χ2v) is 8.96. The molecule has 0 saturated heterocycles. The Morgan fingerprint density at radius 1 is 1.09 bits per heavy atom. The minimum atomic E-state index is -1.07. The lowest BCUT2D eigenvalue weighted by atomic mass is 10.8. The number of ether oxygens (including phenoxy) is 1. The van der Waals surface area contributed by atoms with Crippen molar-refractivity contribution in [3.05, 3.63) is 0 Å². The summed E-state index contributed by atoms with van der Waals surface area (Å²) < 4.78 is 10.0. The Balaban J connectivity index is 0. The summed E-state index contributed by atoms with van der Waals surface area (Å²) in [6, 6.07) is 0. The fraction of sp³-hybridized carbons (Fsp3) is 1.00. The minimum Gasteiger partial charge on any atom is -0.464 e. The van der Waals surface area contributed by atoms with Gasteiger partial charge in [0.2, 0.25) is 0 Å². The van der Waals surface area contributed by atoms with E-state index in [4.69, 9.17) is 8.85 Å². The van der Waals surface area contributed by atoms with Gasteiger partial charge in [0.1, 0.15) is 10.5 Å². The molecule has 4 heteroatoms. The lowest BCUT2D eigenvalue weighted by Gasteiger charge is -2.11. The average molecular weight is 194 g/mol. The van der Waals surface area contributed by atoms with Crippen LogP contribution < -0.4 is 0 Å². The maximum absolute atomic E-state index is 5.22. The zero-order chi connectivity index (χ0) is 9.33. The van der Waals surface area contributed by atoms with E-state index >= 15 is 0 Å². The molecular formula is C7H22O2Si2. The van der Waals surface area contributed by atoms with E-state index in [-0.39, 0.29) is 0 Å². The van der Waals surface area contributed by atoms with Crippen LogP contribution in [0.2, 0.25) is 19.6 Å². The molecule has 0 aliphatic carbocycles. The summed E-state index contributed by atoms with van der Waals surface area (Å²) in [5.41, 5.74) is 0. The van der Waals surface area contributed by atoms with Crippen molar-refractivity contribution in [2.24, 2.45) is 0 Å². The molecule has 0 saturated carbocycles. The Kier molecular flexibility index (Phi) is 10.7. The summed E-state index contributed by atoms with van der Waals surface area (Å²) in [6.07, 6.45) is 0. The van der Waals surface area contributed by atoms with Gasteiger partial charge in [0.15, 0.2) is 8.32 Å². The van der Waals surface area contributed by atoms with Crippen molar-refractivity contribution < 1.29 is 8.85 Å². The van der Waals surface area contributed by atoms with E-state index in [1.807, 2.05) is 13.8 Å². The van der Waals surface area contributed by atoms with E-state index in [2.05, 4.69) is 19.6 Å². The third-order valence-corrected chi connectivity index (χ3v) is 5.92.